The van der Waals surface area contributed by atoms with Gasteiger partial charge in [-0.15, -0.1) is 0 Å². The fourth-order valence-corrected chi connectivity index (χ4v) is 2.74. The second-order valence-corrected chi connectivity index (χ2v) is 5.82. The molecule has 25 heavy (non-hydrogen) atoms. The lowest BCUT2D eigenvalue weighted by molar-refractivity contribution is -0.383. The molecule has 1 N–H and O–H groups in total. The molecule has 0 unspecified atom stereocenters. The second kappa shape index (κ2) is 7.31. The molecule has 7 nitrogen and oxygen atoms in total. The van der Waals surface area contributed by atoms with Crippen LogP contribution in [-0.2, 0) is 4.74 Å². The minimum atomic E-state index is -0.489. The Morgan fingerprint density at radius 1 is 1.16 bits per heavy atom. The molecule has 0 radical (unpaired) electrons. The maximum absolute atomic E-state index is 11.4. The summed E-state index contributed by atoms with van der Waals surface area (Å²) < 4.78 is 5.34. The highest BCUT2D eigenvalue weighted by Crippen LogP contribution is 2.29. The van der Waals surface area contributed by atoms with Gasteiger partial charge in [0.25, 0.3) is 5.69 Å². The van der Waals surface area contributed by atoms with Crippen LogP contribution < -0.4 is 10.2 Å². The lowest BCUT2D eigenvalue weighted by atomic mass is 10.1. The highest BCUT2D eigenvalue weighted by atomic mass is 16.6. The Hall–Kier alpha value is -2.93. The monoisotopic (exact) mass is 341 g/mol. The van der Waals surface area contributed by atoms with Crippen LogP contribution in [0.3, 0.4) is 0 Å². The first-order valence-electron chi connectivity index (χ1n) is 8.04. The van der Waals surface area contributed by atoms with E-state index in [-0.39, 0.29) is 11.5 Å². The largest absolute Gasteiger partial charge is 0.378 e. The van der Waals surface area contributed by atoms with Crippen molar-refractivity contribution < 1.29 is 14.5 Å². The second-order valence-electron chi connectivity index (χ2n) is 5.82. The van der Waals surface area contributed by atoms with E-state index in [2.05, 4.69) is 10.2 Å². The molecule has 3 rings (SSSR count). The summed E-state index contributed by atoms with van der Waals surface area (Å²) in [6.45, 7) is 4.52. The molecule has 2 aromatic carbocycles. The van der Waals surface area contributed by atoms with E-state index in [1.54, 1.807) is 12.1 Å². The number of ether oxygens (including phenoxy) is 1. The number of rotatable bonds is 5. The van der Waals surface area contributed by atoms with Crippen LogP contribution in [0, 0.1) is 10.1 Å². The number of benzene rings is 2. The molecule has 1 aliphatic rings. The molecule has 0 saturated carbocycles. The van der Waals surface area contributed by atoms with E-state index in [1.807, 2.05) is 24.3 Å². The fraction of sp³-hybridized carbons (Fsp3) is 0.278. The van der Waals surface area contributed by atoms with Crippen LogP contribution in [0.1, 0.15) is 17.3 Å². The molecule has 0 spiro atoms. The van der Waals surface area contributed by atoms with Crippen LogP contribution >= 0.6 is 0 Å². The minimum Gasteiger partial charge on any atom is -0.378 e. The van der Waals surface area contributed by atoms with Crippen molar-refractivity contribution in [1.82, 2.24) is 0 Å². The highest BCUT2D eigenvalue weighted by Gasteiger charge is 2.17. The molecule has 7 heteroatoms. The fourth-order valence-electron chi connectivity index (χ4n) is 2.74. The summed E-state index contributed by atoms with van der Waals surface area (Å²) in [5.74, 6) is -0.204. The topological polar surface area (TPSA) is 84.7 Å². The van der Waals surface area contributed by atoms with E-state index >= 15 is 0 Å². The molecule has 2 aromatic rings. The Labute approximate surface area is 145 Å². The van der Waals surface area contributed by atoms with Crippen LogP contribution in [0.25, 0.3) is 0 Å². The number of nitro groups is 1. The Morgan fingerprint density at radius 2 is 1.84 bits per heavy atom. The van der Waals surface area contributed by atoms with Gasteiger partial charge in [0.2, 0.25) is 0 Å². The summed E-state index contributed by atoms with van der Waals surface area (Å²) in [4.78, 5) is 24.4. The van der Waals surface area contributed by atoms with Crippen molar-refractivity contribution >= 4 is 28.5 Å². The standard InChI is InChI=1S/C18H19N3O4/c1-13(22)14-2-7-17(18(12-14)21(23)24)19-15-3-5-16(6-4-15)20-8-10-25-11-9-20/h2-7,12,19H,8-11H2,1H3. The average molecular weight is 341 g/mol. The van der Waals surface area contributed by atoms with Crippen LogP contribution in [0.5, 0.6) is 0 Å². The number of nitrogens with zero attached hydrogens (tertiary/aromatic N) is 2. The first-order chi connectivity index (χ1) is 12.0. The van der Waals surface area contributed by atoms with E-state index in [9.17, 15) is 14.9 Å². The Kier molecular flexibility index (Phi) is 4.95. The molecule has 1 heterocycles. The van der Waals surface area contributed by atoms with Crippen LogP contribution in [-0.4, -0.2) is 37.0 Å². The number of nitro benzene ring substituents is 1. The molecule has 1 aliphatic heterocycles. The van der Waals surface area contributed by atoms with Gasteiger partial charge in [0.05, 0.1) is 18.1 Å². The predicted molar refractivity (Wildman–Crippen MR) is 95.9 cm³/mol. The number of hydrogen-bond donors (Lipinski definition) is 1. The van der Waals surface area contributed by atoms with Crippen LogP contribution in [0.2, 0.25) is 0 Å². The quantitative estimate of drug-likeness (QED) is 0.510. The molecule has 1 fully saturated rings. The van der Waals surface area contributed by atoms with Crippen LogP contribution in [0.15, 0.2) is 42.5 Å². The van der Waals surface area contributed by atoms with Crippen molar-refractivity contribution in [3.8, 4) is 0 Å². The summed E-state index contributed by atoms with van der Waals surface area (Å²) in [6.07, 6.45) is 0. The van der Waals surface area contributed by atoms with Gasteiger partial charge in [-0.3, -0.25) is 14.9 Å². The van der Waals surface area contributed by atoms with Crippen molar-refractivity contribution in [2.45, 2.75) is 6.92 Å². The first kappa shape index (κ1) is 16.9. The number of morpholine rings is 1. The smallest absolute Gasteiger partial charge is 0.293 e. The zero-order valence-electron chi connectivity index (χ0n) is 13.9. The molecular weight excluding hydrogens is 322 g/mol. The van der Waals surface area contributed by atoms with Gasteiger partial charge in [-0.1, -0.05) is 0 Å². The number of nitrogens with one attached hydrogen (secondary N) is 1. The summed E-state index contributed by atoms with van der Waals surface area (Å²) in [6, 6.07) is 12.2. The molecule has 0 aromatic heterocycles. The van der Waals surface area contributed by atoms with E-state index < -0.39 is 4.92 Å². The van der Waals surface area contributed by atoms with Crippen LogP contribution in [0.4, 0.5) is 22.7 Å². The number of carbonyl (C=O) groups excluding carboxylic acids is 1. The number of carbonyl (C=O) groups is 1. The lowest BCUT2D eigenvalue weighted by Crippen LogP contribution is -2.36. The van der Waals surface area contributed by atoms with Gasteiger partial charge in [-0.25, -0.2) is 0 Å². The summed E-state index contributed by atoms with van der Waals surface area (Å²) in [5, 5.41) is 14.3. The van der Waals surface area contributed by atoms with Gasteiger partial charge >= 0.3 is 0 Å². The van der Waals surface area contributed by atoms with Crippen molar-refractivity contribution in [3.05, 3.63) is 58.1 Å². The van der Waals surface area contributed by atoms with Gasteiger partial charge < -0.3 is 15.0 Å². The number of ketones is 1. The average Bonchev–Trinajstić information content (AvgIpc) is 2.63. The zero-order valence-corrected chi connectivity index (χ0v) is 13.9. The van der Waals surface area contributed by atoms with Gasteiger partial charge in [0, 0.05) is 36.1 Å². The third-order valence-corrected chi connectivity index (χ3v) is 4.12. The predicted octanol–water partition coefficient (Wildman–Crippen LogP) is 3.38. The molecule has 130 valence electrons. The first-order valence-corrected chi connectivity index (χ1v) is 8.04. The Balaban J connectivity index is 1.79. The molecule has 0 aliphatic carbocycles. The number of Topliss-reactive ketones (excluding diaryl/α,β-unsaturated/α-hetero) is 1. The summed E-state index contributed by atoms with van der Waals surface area (Å²) in [7, 11) is 0. The van der Waals surface area contributed by atoms with Crippen molar-refractivity contribution in [3.63, 3.8) is 0 Å². The van der Waals surface area contributed by atoms with E-state index in [0.29, 0.717) is 24.5 Å². The van der Waals surface area contributed by atoms with E-state index in [4.69, 9.17) is 4.74 Å². The summed E-state index contributed by atoms with van der Waals surface area (Å²) in [5.41, 5.74) is 2.39. The van der Waals surface area contributed by atoms with E-state index in [1.165, 1.54) is 13.0 Å². The maximum atomic E-state index is 11.4. The third-order valence-electron chi connectivity index (χ3n) is 4.12. The zero-order chi connectivity index (χ0) is 17.8. The van der Waals surface area contributed by atoms with Gasteiger partial charge in [-0.2, -0.15) is 0 Å². The van der Waals surface area contributed by atoms with Gasteiger partial charge in [-0.05, 0) is 43.3 Å². The SMILES string of the molecule is CC(=O)c1ccc(Nc2ccc(N3CCOCC3)cc2)c([N+](=O)[O-])c1. The number of anilines is 3. The van der Waals surface area contributed by atoms with Gasteiger partial charge in [0.15, 0.2) is 5.78 Å². The number of hydrogen-bond acceptors (Lipinski definition) is 6. The normalized spacial score (nSPS) is 14.2. The lowest BCUT2D eigenvalue weighted by Gasteiger charge is -2.28. The van der Waals surface area contributed by atoms with E-state index in [0.717, 1.165) is 24.5 Å². The molecule has 0 atom stereocenters. The Bertz CT molecular complexity index is 783. The third kappa shape index (κ3) is 3.95. The molecule has 0 amide bonds. The Morgan fingerprint density at radius 3 is 2.44 bits per heavy atom. The highest BCUT2D eigenvalue weighted by molar-refractivity contribution is 5.95. The molecule has 0 bridgehead atoms. The molecule has 1 saturated heterocycles. The van der Waals surface area contributed by atoms with Crippen molar-refractivity contribution in [1.29, 1.82) is 0 Å². The van der Waals surface area contributed by atoms with Gasteiger partial charge in [0.1, 0.15) is 5.69 Å². The maximum Gasteiger partial charge on any atom is 0.293 e. The van der Waals surface area contributed by atoms with Crippen molar-refractivity contribution in [2.75, 3.05) is 36.5 Å². The molecular formula is C18H19N3O4. The summed E-state index contributed by atoms with van der Waals surface area (Å²) >= 11 is 0. The van der Waals surface area contributed by atoms with Crippen molar-refractivity contribution in [2.24, 2.45) is 0 Å². The minimum absolute atomic E-state index is 0.120.